The third-order valence-electron chi connectivity index (χ3n) is 5.09. The fourth-order valence-electron chi connectivity index (χ4n) is 3.36. The van der Waals surface area contributed by atoms with E-state index in [9.17, 15) is 18.1 Å². The summed E-state index contributed by atoms with van der Waals surface area (Å²) >= 11 is -0.365. The van der Waals surface area contributed by atoms with Crippen molar-refractivity contribution in [2.24, 2.45) is 0 Å². The number of carbonyl (C=O) groups excluding carboxylic acids is 1. The fourth-order valence-corrected chi connectivity index (χ4v) is 4.86. The standard InChI is InChI=1S/C22H25IN3O6PS/c1-14-6-8-15(9-7-14)20-19(21(27)24-2)16-12-17(23)18(25-22(16)32-20)13-26(34(29)30)10-4-5-11-31-33(3)28/h6-9,12H,4-5,10-11,13H2,1-3H3,(H-,24,27,29,30). The third kappa shape index (κ3) is 6.67. The van der Waals surface area contributed by atoms with E-state index in [-0.39, 0.29) is 24.7 Å². The molecule has 0 spiro atoms. The van der Waals surface area contributed by atoms with E-state index >= 15 is 0 Å². The van der Waals surface area contributed by atoms with E-state index in [1.807, 2.05) is 31.2 Å². The Morgan fingerprint density at radius 1 is 1.32 bits per heavy atom. The number of aromatic nitrogens is 1. The number of halogens is 1. The van der Waals surface area contributed by atoms with Crippen molar-refractivity contribution in [2.75, 3.05) is 26.9 Å². The van der Waals surface area contributed by atoms with Crippen LogP contribution in [0, 0.1) is 10.5 Å². The second-order valence-electron chi connectivity index (χ2n) is 7.58. The molecular formula is C22H25IN3O6PS. The highest BCUT2D eigenvalue weighted by atomic mass is 127. The number of carbonyl (C=O) groups is 1. The van der Waals surface area contributed by atoms with Gasteiger partial charge in [-0.2, -0.15) is 0 Å². The van der Waals surface area contributed by atoms with Crippen LogP contribution in [0.25, 0.3) is 22.4 Å². The molecule has 2 atom stereocenters. The summed E-state index contributed by atoms with van der Waals surface area (Å²) in [5, 5.41) is 3.21. The molecule has 1 amide bonds. The largest absolute Gasteiger partial charge is 0.760 e. The van der Waals surface area contributed by atoms with Crippen LogP contribution in [0.2, 0.25) is 0 Å². The topological polar surface area (TPSA) is 125 Å². The van der Waals surface area contributed by atoms with Gasteiger partial charge in [0.2, 0.25) is 5.71 Å². The summed E-state index contributed by atoms with van der Waals surface area (Å²) in [7, 11) is -0.113. The van der Waals surface area contributed by atoms with Gasteiger partial charge in [0, 0.05) is 34.0 Å². The summed E-state index contributed by atoms with van der Waals surface area (Å²) in [6.07, 6.45) is 1.13. The smallest absolute Gasteiger partial charge is 0.504 e. The number of nitrogens with one attached hydrogen (secondary N) is 1. The van der Waals surface area contributed by atoms with E-state index in [4.69, 9.17) is 8.94 Å². The molecule has 3 aromatic rings. The first-order valence-electron chi connectivity index (χ1n) is 10.5. The number of furan rings is 1. The average Bonchev–Trinajstić information content (AvgIpc) is 3.15. The zero-order chi connectivity index (χ0) is 24.8. The van der Waals surface area contributed by atoms with Crippen molar-refractivity contribution in [2.45, 2.75) is 26.3 Å². The van der Waals surface area contributed by atoms with Crippen LogP contribution in [0.15, 0.2) is 34.7 Å². The number of hydrogen-bond acceptors (Lipinski definition) is 7. The van der Waals surface area contributed by atoms with E-state index in [0.29, 0.717) is 45.4 Å². The van der Waals surface area contributed by atoms with Gasteiger partial charge in [-0.25, -0.2) is 9.29 Å². The molecule has 0 fully saturated rings. The molecule has 0 saturated heterocycles. The molecule has 9 nitrogen and oxygen atoms in total. The molecule has 0 aliphatic carbocycles. The zero-order valence-corrected chi connectivity index (χ0v) is 22.9. The Hall–Kier alpha value is -1.76. The molecule has 0 aliphatic heterocycles. The lowest BCUT2D eigenvalue weighted by Crippen LogP contribution is -2.27. The molecule has 2 unspecified atom stereocenters. The molecule has 0 bridgehead atoms. The van der Waals surface area contributed by atoms with Crippen molar-refractivity contribution in [3.63, 3.8) is 0 Å². The van der Waals surface area contributed by atoms with Crippen molar-refractivity contribution in [1.29, 1.82) is 0 Å². The molecule has 2 aromatic heterocycles. The van der Waals surface area contributed by atoms with Crippen molar-refractivity contribution >= 4 is 58.9 Å². The van der Waals surface area contributed by atoms with Crippen molar-refractivity contribution in [3.8, 4) is 11.3 Å². The minimum absolute atomic E-state index is 0.0586. The molecule has 0 saturated carbocycles. The van der Waals surface area contributed by atoms with Crippen molar-refractivity contribution < 1.29 is 27.1 Å². The number of nitrogens with zero attached hydrogens (tertiary/aromatic N) is 2. The molecule has 0 aliphatic rings. The van der Waals surface area contributed by atoms with E-state index < -0.39 is 19.3 Å². The van der Waals surface area contributed by atoms with Crippen molar-refractivity contribution in [1.82, 2.24) is 14.6 Å². The number of pyridine rings is 1. The molecule has 0 radical (unpaired) electrons. The monoisotopic (exact) mass is 617 g/mol. The summed E-state index contributed by atoms with van der Waals surface area (Å²) in [6.45, 7) is 4.09. The van der Waals surface area contributed by atoms with E-state index in [0.717, 1.165) is 11.1 Å². The highest BCUT2D eigenvalue weighted by molar-refractivity contribution is 14.1. The van der Waals surface area contributed by atoms with Crippen LogP contribution in [0.3, 0.4) is 0 Å². The molecule has 1 N–H and O–H groups in total. The molecule has 2 heterocycles. The highest BCUT2D eigenvalue weighted by Crippen LogP contribution is 2.34. The first kappa shape index (κ1) is 26.8. The maximum Gasteiger partial charge on any atom is 0.504 e. The number of fused-ring (bicyclic) bond motifs is 1. The summed E-state index contributed by atoms with van der Waals surface area (Å²) in [6, 6.07) is 9.42. The number of amides is 1. The summed E-state index contributed by atoms with van der Waals surface area (Å²) < 4.78 is 47.6. The number of rotatable bonds is 11. The first-order valence-corrected chi connectivity index (χ1v) is 14.2. The number of benzene rings is 1. The fraction of sp³-hybridized carbons (Fsp3) is 0.364. The number of aryl methyl sites for hydroxylation is 1. The van der Waals surface area contributed by atoms with E-state index in [1.54, 1.807) is 13.1 Å². The van der Waals surface area contributed by atoms with Gasteiger partial charge in [0.15, 0.2) is 6.66 Å². The summed E-state index contributed by atoms with van der Waals surface area (Å²) in [5.74, 6) is 0.117. The predicted molar refractivity (Wildman–Crippen MR) is 138 cm³/mol. The van der Waals surface area contributed by atoms with Crippen LogP contribution < -0.4 is 5.32 Å². The highest BCUT2D eigenvalue weighted by Gasteiger charge is 2.24. The maximum absolute atomic E-state index is 12.7. The van der Waals surface area contributed by atoms with E-state index in [1.165, 1.54) is 11.0 Å². The van der Waals surface area contributed by atoms with Crippen LogP contribution in [-0.4, -0.2) is 50.8 Å². The van der Waals surface area contributed by atoms with Crippen LogP contribution in [-0.2, 0) is 26.9 Å². The van der Waals surface area contributed by atoms with Crippen LogP contribution >= 0.6 is 30.6 Å². The van der Waals surface area contributed by atoms with Gasteiger partial charge in [-0.1, -0.05) is 29.8 Å². The van der Waals surface area contributed by atoms with Gasteiger partial charge in [0.1, 0.15) is 12.4 Å². The molecule has 182 valence electrons. The second-order valence-corrected chi connectivity index (χ2v) is 10.8. The van der Waals surface area contributed by atoms with Crippen LogP contribution in [0.1, 0.15) is 34.5 Å². The normalized spacial score (nSPS) is 12.8. The third-order valence-corrected chi connectivity index (χ3v) is 7.30. The Bertz CT molecular complexity index is 1220. The lowest BCUT2D eigenvalue weighted by atomic mass is 10.0. The van der Waals surface area contributed by atoms with Gasteiger partial charge in [0.25, 0.3) is 5.91 Å². The van der Waals surface area contributed by atoms with Crippen molar-refractivity contribution in [3.05, 3.63) is 50.7 Å². The molecule has 34 heavy (non-hydrogen) atoms. The quantitative estimate of drug-likeness (QED) is 0.145. The van der Waals surface area contributed by atoms with Gasteiger partial charge in [-0.05, 0) is 53.0 Å². The number of hydrogen-bond donors (Lipinski definition) is 1. The molecular weight excluding hydrogens is 592 g/mol. The first-order chi connectivity index (χ1) is 16.2. The average molecular weight is 617 g/mol. The molecule has 1 aromatic carbocycles. The second kappa shape index (κ2) is 12.3. The molecule has 12 heteroatoms. The van der Waals surface area contributed by atoms with Crippen LogP contribution in [0.5, 0.6) is 0 Å². The maximum atomic E-state index is 12.7. The predicted octanol–water partition coefficient (Wildman–Crippen LogP) is 4.53. The summed E-state index contributed by atoms with van der Waals surface area (Å²) in [5.41, 5.74) is 3.00. The van der Waals surface area contributed by atoms with Gasteiger partial charge in [-0.15, -0.1) is 4.52 Å². The van der Waals surface area contributed by atoms with E-state index in [2.05, 4.69) is 32.9 Å². The van der Waals surface area contributed by atoms with Crippen LogP contribution in [0.4, 0.5) is 0 Å². The minimum atomic E-state index is -2.45. The number of unbranched alkanes of at least 4 members (excludes halogenated alkanes) is 1. The lowest BCUT2D eigenvalue weighted by molar-refractivity contribution is 0.0964. The summed E-state index contributed by atoms with van der Waals surface area (Å²) in [4.78, 5) is 17.3. The minimum Gasteiger partial charge on any atom is -0.760 e. The lowest BCUT2D eigenvalue weighted by Gasteiger charge is -2.24. The van der Waals surface area contributed by atoms with Gasteiger partial charge in [-0.3, -0.25) is 9.00 Å². The SMILES string of the molecule is CNC(=O)c1c(-c2ccc(C)cc2)oc2nc(CN(CCCCO[P+](C)=O)S(=O)[O-])c(I)cc12. The Morgan fingerprint density at radius 3 is 2.65 bits per heavy atom. The van der Waals surface area contributed by atoms with Gasteiger partial charge < -0.3 is 14.3 Å². The zero-order valence-electron chi connectivity index (χ0n) is 19.0. The Labute approximate surface area is 215 Å². The molecule has 3 rings (SSSR count). The Balaban J connectivity index is 1.91. The van der Waals surface area contributed by atoms with Gasteiger partial charge >= 0.3 is 8.03 Å². The Kier molecular flexibility index (Phi) is 9.69. The Morgan fingerprint density at radius 2 is 2.03 bits per heavy atom. The van der Waals surface area contributed by atoms with Gasteiger partial charge in [0.05, 0.1) is 23.2 Å².